The van der Waals surface area contributed by atoms with Gasteiger partial charge in [-0.2, -0.15) is 4.98 Å². The predicted octanol–water partition coefficient (Wildman–Crippen LogP) is 4.92. The van der Waals surface area contributed by atoms with Gasteiger partial charge in [-0.25, -0.2) is 4.98 Å². The maximum absolute atomic E-state index is 4.68. The van der Waals surface area contributed by atoms with Gasteiger partial charge in [0.15, 0.2) is 0 Å². The van der Waals surface area contributed by atoms with Gasteiger partial charge in [0, 0.05) is 35.0 Å². The second-order valence-corrected chi connectivity index (χ2v) is 6.23. The lowest BCUT2D eigenvalue weighted by Gasteiger charge is -2.22. The van der Waals surface area contributed by atoms with E-state index in [0.29, 0.717) is 0 Å². The van der Waals surface area contributed by atoms with Crippen molar-refractivity contribution in [3.63, 3.8) is 0 Å². The number of rotatable bonds is 7. The van der Waals surface area contributed by atoms with E-state index in [4.69, 9.17) is 0 Å². The molecule has 0 aliphatic carbocycles. The average Bonchev–Trinajstić information content (AvgIpc) is 2.46. The van der Waals surface area contributed by atoms with E-state index in [1.165, 1.54) is 0 Å². The van der Waals surface area contributed by atoms with Crippen molar-refractivity contribution in [3.8, 4) is 0 Å². The van der Waals surface area contributed by atoms with Crippen LogP contribution in [0, 0.1) is 6.92 Å². The van der Waals surface area contributed by atoms with Gasteiger partial charge in [-0.15, -0.1) is 0 Å². The Balaban J connectivity index is 2.25. The van der Waals surface area contributed by atoms with Crippen LogP contribution >= 0.6 is 15.9 Å². The highest BCUT2D eigenvalue weighted by molar-refractivity contribution is 9.10. The summed E-state index contributed by atoms with van der Waals surface area (Å²) in [6.07, 6.45) is 2.18. The van der Waals surface area contributed by atoms with Gasteiger partial charge in [0.1, 0.15) is 5.82 Å². The Hall–Kier alpha value is -1.62. The van der Waals surface area contributed by atoms with E-state index in [0.717, 1.165) is 53.6 Å². The van der Waals surface area contributed by atoms with Crippen LogP contribution in [0.1, 0.15) is 32.4 Å². The van der Waals surface area contributed by atoms with Crippen LogP contribution in [0.2, 0.25) is 0 Å². The normalized spacial score (nSPS) is 10.5. The molecule has 0 unspecified atom stereocenters. The molecule has 118 valence electrons. The summed E-state index contributed by atoms with van der Waals surface area (Å²) < 4.78 is 1.04. The quantitative estimate of drug-likeness (QED) is 0.758. The lowest BCUT2D eigenvalue weighted by Crippen LogP contribution is -2.27. The Morgan fingerprint density at radius 2 is 1.82 bits per heavy atom. The highest BCUT2D eigenvalue weighted by atomic mass is 79.9. The molecule has 0 saturated carbocycles. The van der Waals surface area contributed by atoms with E-state index >= 15 is 0 Å². The summed E-state index contributed by atoms with van der Waals surface area (Å²) >= 11 is 3.49. The molecule has 4 nitrogen and oxygen atoms in total. The van der Waals surface area contributed by atoms with Crippen LogP contribution in [0.25, 0.3) is 0 Å². The first-order chi connectivity index (χ1) is 10.6. The maximum atomic E-state index is 4.68. The molecule has 22 heavy (non-hydrogen) atoms. The second-order valence-electron chi connectivity index (χ2n) is 5.32. The Labute approximate surface area is 141 Å². The van der Waals surface area contributed by atoms with Crippen molar-refractivity contribution in [2.45, 2.75) is 33.6 Å². The lowest BCUT2D eigenvalue weighted by atomic mass is 10.3. The molecule has 0 aliphatic heterocycles. The monoisotopic (exact) mass is 362 g/mol. The van der Waals surface area contributed by atoms with E-state index in [2.05, 4.69) is 50.0 Å². The number of hydrogen-bond donors (Lipinski definition) is 1. The molecule has 0 atom stereocenters. The fraction of sp³-hybridized carbons (Fsp3) is 0.412. The minimum atomic E-state index is 0.807. The van der Waals surface area contributed by atoms with Gasteiger partial charge in [-0.05, 0) is 38.0 Å². The van der Waals surface area contributed by atoms with E-state index in [9.17, 15) is 0 Å². The Morgan fingerprint density at radius 3 is 2.45 bits per heavy atom. The standard InChI is InChI=1S/C17H23BrN4/c1-4-9-22(10-5-2)17-19-13(3)11-16(21-17)20-15-8-6-7-14(18)12-15/h6-8,11-12H,4-5,9-10H2,1-3H3,(H,19,20,21). The van der Waals surface area contributed by atoms with Gasteiger partial charge < -0.3 is 10.2 Å². The number of hydrogen-bond acceptors (Lipinski definition) is 4. The van der Waals surface area contributed by atoms with Gasteiger partial charge in [-0.3, -0.25) is 0 Å². The van der Waals surface area contributed by atoms with Crippen LogP contribution in [-0.2, 0) is 0 Å². The molecule has 0 saturated heterocycles. The van der Waals surface area contributed by atoms with Crippen LogP contribution in [-0.4, -0.2) is 23.1 Å². The zero-order chi connectivity index (χ0) is 15.9. The molecule has 2 aromatic rings. The average molecular weight is 363 g/mol. The summed E-state index contributed by atoms with van der Waals surface area (Å²) in [5.74, 6) is 1.64. The van der Waals surface area contributed by atoms with Gasteiger partial charge >= 0.3 is 0 Å². The number of aromatic nitrogens is 2. The van der Waals surface area contributed by atoms with Crippen molar-refractivity contribution in [2.24, 2.45) is 0 Å². The van der Waals surface area contributed by atoms with Crippen LogP contribution in [0.5, 0.6) is 0 Å². The minimum absolute atomic E-state index is 0.807. The van der Waals surface area contributed by atoms with Gasteiger partial charge in [0.2, 0.25) is 5.95 Å². The number of nitrogens with zero attached hydrogens (tertiary/aromatic N) is 3. The van der Waals surface area contributed by atoms with Gasteiger partial charge in [-0.1, -0.05) is 35.8 Å². The summed E-state index contributed by atoms with van der Waals surface area (Å²) in [6, 6.07) is 10.0. The molecule has 1 aromatic heterocycles. The largest absolute Gasteiger partial charge is 0.341 e. The van der Waals surface area contributed by atoms with Crippen LogP contribution in [0.3, 0.4) is 0 Å². The molecule has 0 bridgehead atoms. The molecular weight excluding hydrogens is 340 g/mol. The number of benzene rings is 1. The van der Waals surface area contributed by atoms with Crippen molar-refractivity contribution < 1.29 is 0 Å². The fourth-order valence-corrected chi connectivity index (χ4v) is 2.72. The number of nitrogens with one attached hydrogen (secondary N) is 1. The molecule has 0 amide bonds. The number of aryl methyl sites for hydroxylation is 1. The molecule has 2 rings (SSSR count). The van der Waals surface area contributed by atoms with Crippen molar-refractivity contribution in [1.29, 1.82) is 0 Å². The first-order valence-corrected chi connectivity index (χ1v) is 8.55. The molecule has 1 heterocycles. The summed E-state index contributed by atoms with van der Waals surface area (Å²) in [5, 5.41) is 3.36. The molecule has 1 N–H and O–H groups in total. The summed E-state index contributed by atoms with van der Waals surface area (Å²) in [5.41, 5.74) is 1.98. The van der Waals surface area contributed by atoms with Crippen molar-refractivity contribution in [1.82, 2.24) is 9.97 Å². The van der Waals surface area contributed by atoms with Crippen molar-refractivity contribution in [2.75, 3.05) is 23.3 Å². The Bertz CT molecular complexity index is 609. The molecule has 5 heteroatoms. The molecule has 0 aliphatic rings. The topological polar surface area (TPSA) is 41.1 Å². The zero-order valence-electron chi connectivity index (χ0n) is 13.4. The van der Waals surface area contributed by atoms with E-state index in [-0.39, 0.29) is 0 Å². The summed E-state index contributed by atoms with van der Waals surface area (Å²) in [7, 11) is 0. The van der Waals surface area contributed by atoms with Crippen molar-refractivity contribution in [3.05, 3.63) is 40.5 Å². The third kappa shape index (κ3) is 4.70. The smallest absolute Gasteiger partial charge is 0.227 e. The SMILES string of the molecule is CCCN(CCC)c1nc(C)cc(Nc2cccc(Br)c2)n1. The molecule has 0 radical (unpaired) electrons. The van der Waals surface area contributed by atoms with E-state index in [1.807, 2.05) is 37.3 Å². The Kier molecular flexibility index (Phi) is 6.19. The highest BCUT2D eigenvalue weighted by Crippen LogP contribution is 2.21. The molecular formula is C17H23BrN4. The van der Waals surface area contributed by atoms with E-state index in [1.54, 1.807) is 0 Å². The van der Waals surface area contributed by atoms with Gasteiger partial charge in [0.05, 0.1) is 0 Å². The molecule has 0 fully saturated rings. The third-order valence-electron chi connectivity index (χ3n) is 3.21. The number of anilines is 3. The van der Waals surface area contributed by atoms with E-state index < -0.39 is 0 Å². The minimum Gasteiger partial charge on any atom is -0.341 e. The molecule has 0 spiro atoms. The lowest BCUT2D eigenvalue weighted by molar-refractivity contribution is 0.720. The summed E-state index contributed by atoms with van der Waals surface area (Å²) in [4.78, 5) is 11.5. The first kappa shape index (κ1) is 16.7. The Morgan fingerprint density at radius 1 is 1.09 bits per heavy atom. The van der Waals surface area contributed by atoms with Crippen LogP contribution in [0.15, 0.2) is 34.8 Å². The zero-order valence-corrected chi connectivity index (χ0v) is 15.0. The summed E-state index contributed by atoms with van der Waals surface area (Å²) in [6.45, 7) is 8.33. The fourth-order valence-electron chi connectivity index (χ4n) is 2.32. The first-order valence-electron chi connectivity index (χ1n) is 7.75. The van der Waals surface area contributed by atoms with Crippen LogP contribution < -0.4 is 10.2 Å². The highest BCUT2D eigenvalue weighted by Gasteiger charge is 2.10. The predicted molar refractivity (Wildman–Crippen MR) is 97.0 cm³/mol. The maximum Gasteiger partial charge on any atom is 0.227 e. The van der Waals surface area contributed by atoms with Crippen molar-refractivity contribution >= 4 is 33.4 Å². The molecule has 1 aromatic carbocycles. The third-order valence-corrected chi connectivity index (χ3v) is 3.70. The number of halogens is 1. The second kappa shape index (κ2) is 8.13. The van der Waals surface area contributed by atoms with Crippen LogP contribution in [0.4, 0.5) is 17.5 Å². The van der Waals surface area contributed by atoms with Gasteiger partial charge in [0.25, 0.3) is 0 Å².